The number of fused-ring (bicyclic) bond motifs is 1. The largest absolute Gasteiger partial charge is 0.349 e. The zero-order chi connectivity index (χ0) is 16.2. The number of benzene rings is 1. The molecule has 6 nitrogen and oxygen atoms in total. The van der Waals surface area contributed by atoms with Gasteiger partial charge in [-0.25, -0.2) is 9.50 Å². The van der Waals surface area contributed by atoms with Crippen LogP contribution in [-0.4, -0.2) is 31.2 Å². The Morgan fingerprint density at radius 2 is 2.30 bits per heavy atom. The first-order valence-corrected chi connectivity index (χ1v) is 8.33. The van der Waals surface area contributed by atoms with Gasteiger partial charge in [0.05, 0.1) is 11.8 Å². The summed E-state index contributed by atoms with van der Waals surface area (Å²) < 4.78 is 1.58. The minimum absolute atomic E-state index is 0.0886. The van der Waals surface area contributed by atoms with Crippen LogP contribution in [0.5, 0.6) is 0 Å². The number of carbonyl (C=O) groups excluding carboxylic acids is 1. The summed E-state index contributed by atoms with van der Waals surface area (Å²) >= 11 is 7.24. The SMILES string of the molecule is CC(NC(=O)CSc1nc2ncccn2n1)c1cccc(Cl)c1. The van der Waals surface area contributed by atoms with E-state index in [2.05, 4.69) is 20.4 Å². The number of hydrogen-bond donors (Lipinski definition) is 1. The molecule has 118 valence electrons. The van der Waals surface area contributed by atoms with E-state index in [4.69, 9.17) is 11.6 Å². The molecule has 2 aromatic heterocycles. The molecule has 0 aliphatic heterocycles. The monoisotopic (exact) mass is 347 g/mol. The van der Waals surface area contributed by atoms with Crippen molar-refractivity contribution in [1.82, 2.24) is 24.9 Å². The number of halogens is 1. The highest BCUT2D eigenvalue weighted by Gasteiger charge is 2.12. The normalized spacial score (nSPS) is 12.3. The molecule has 23 heavy (non-hydrogen) atoms. The first kappa shape index (κ1) is 15.8. The van der Waals surface area contributed by atoms with Gasteiger partial charge in [-0.15, -0.1) is 5.10 Å². The molecule has 8 heteroatoms. The van der Waals surface area contributed by atoms with Crippen LogP contribution < -0.4 is 5.32 Å². The standard InChI is InChI=1S/C15H14ClN5OS/c1-10(11-4-2-5-12(16)8-11)18-13(22)9-23-15-19-14-17-6-3-7-21(14)20-15/h2-8,10H,9H2,1H3,(H,18,22). The lowest BCUT2D eigenvalue weighted by molar-refractivity contribution is -0.119. The van der Waals surface area contributed by atoms with E-state index in [-0.39, 0.29) is 17.7 Å². The molecule has 1 amide bonds. The van der Waals surface area contributed by atoms with Gasteiger partial charge in [0.25, 0.3) is 5.78 Å². The van der Waals surface area contributed by atoms with Crippen LogP contribution in [0.2, 0.25) is 5.02 Å². The molecule has 0 saturated heterocycles. The van der Waals surface area contributed by atoms with Gasteiger partial charge in [-0.05, 0) is 30.7 Å². The number of amides is 1. The topological polar surface area (TPSA) is 72.2 Å². The molecule has 2 heterocycles. The van der Waals surface area contributed by atoms with E-state index in [9.17, 15) is 4.79 Å². The number of thioether (sulfide) groups is 1. The maximum atomic E-state index is 12.1. The van der Waals surface area contributed by atoms with E-state index < -0.39 is 0 Å². The van der Waals surface area contributed by atoms with Crippen LogP contribution in [0.25, 0.3) is 5.78 Å². The summed E-state index contributed by atoms with van der Waals surface area (Å²) in [6, 6.07) is 9.10. The van der Waals surface area contributed by atoms with Crippen LogP contribution in [0, 0.1) is 0 Å². The van der Waals surface area contributed by atoms with E-state index in [1.54, 1.807) is 29.0 Å². The molecule has 1 unspecified atom stereocenters. The Morgan fingerprint density at radius 1 is 1.43 bits per heavy atom. The van der Waals surface area contributed by atoms with Crippen molar-refractivity contribution in [2.75, 3.05) is 5.75 Å². The Balaban J connectivity index is 1.57. The second-order valence-electron chi connectivity index (χ2n) is 4.89. The van der Waals surface area contributed by atoms with E-state index in [0.717, 1.165) is 5.56 Å². The van der Waals surface area contributed by atoms with Gasteiger partial charge in [0, 0.05) is 17.4 Å². The highest BCUT2D eigenvalue weighted by Crippen LogP contribution is 2.18. The fraction of sp³-hybridized carbons (Fsp3) is 0.200. The summed E-state index contributed by atoms with van der Waals surface area (Å²) in [5.41, 5.74) is 0.964. The highest BCUT2D eigenvalue weighted by molar-refractivity contribution is 7.99. The van der Waals surface area contributed by atoms with Gasteiger partial charge in [-0.3, -0.25) is 4.79 Å². The fourth-order valence-corrected chi connectivity index (χ4v) is 2.88. The summed E-state index contributed by atoms with van der Waals surface area (Å²) in [6.45, 7) is 1.92. The molecule has 1 N–H and O–H groups in total. The third-order valence-corrected chi connectivity index (χ3v) is 4.23. The minimum Gasteiger partial charge on any atom is -0.349 e. The van der Waals surface area contributed by atoms with E-state index >= 15 is 0 Å². The molecule has 0 spiro atoms. The van der Waals surface area contributed by atoms with E-state index in [0.29, 0.717) is 16.0 Å². The van der Waals surface area contributed by atoms with Crippen molar-refractivity contribution in [3.8, 4) is 0 Å². The summed E-state index contributed by atoms with van der Waals surface area (Å²) in [5, 5.41) is 8.35. The quantitative estimate of drug-likeness (QED) is 0.718. The molecular formula is C15H14ClN5OS. The van der Waals surface area contributed by atoms with Gasteiger partial charge in [-0.2, -0.15) is 4.98 Å². The van der Waals surface area contributed by atoms with Crippen molar-refractivity contribution < 1.29 is 4.79 Å². The first-order chi connectivity index (χ1) is 11.1. The molecule has 0 aliphatic carbocycles. The van der Waals surface area contributed by atoms with E-state index in [1.165, 1.54) is 11.8 Å². The summed E-state index contributed by atoms with van der Waals surface area (Å²) in [5.74, 6) is 0.666. The Kier molecular flexibility index (Phi) is 4.78. The Bertz CT molecular complexity index is 804. The lowest BCUT2D eigenvalue weighted by Crippen LogP contribution is -2.28. The smallest absolute Gasteiger partial charge is 0.253 e. The number of nitrogens with one attached hydrogen (secondary N) is 1. The van der Waals surface area contributed by atoms with Crippen molar-refractivity contribution in [2.24, 2.45) is 0 Å². The van der Waals surface area contributed by atoms with Crippen molar-refractivity contribution >= 4 is 35.0 Å². The van der Waals surface area contributed by atoms with Gasteiger partial charge in [0.1, 0.15) is 0 Å². The number of aromatic nitrogens is 4. The maximum Gasteiger partial charge on any atom is 0.253 e. The van der Waals surface area contributed by atoms with Crippen LogP contribution in [0.1, 0.15) is 18.5 Å². The molecule has 3 aromatic rings. The van der Waals surface area contributed by atoms with Crippen LogP contribution in [0.3, 0.4) is 0 Å². The average molecular weight is 348 g/mol. The van der Waals surface area contributed by atoms with Crippen molar-refractivity contribution in [2.45, 2.75) is 18.1 Å². The number of rotatable bonds is 5. The predicted octanol–water partition coefficient (Wildman–Crippen LogP) is 2.75. The number of carbonyl (C=O) groups is 1. The van der Waals surface area contributed by atoms with Gasteiger partial charge >= 0.3 is 0 Å². The summed E-state index contributed by atoms with van der Waals surface area (Å²) in [7, 11) is 0. The average Bonchev–Trinajstić information content (AvgIpc) is 2.96. The molecule has 0 aliphatic rings. The molecule has 0 fully saturated rings. The minimum atomic E-state index is -0.113. The molecule has 1 atom stereocenters. The van der Waals surface area contributed by atoms with Crippen molar-refractivity contribution in [1.29, 1.82) is 0 Å². The third kappa shape index (κ3) is 4.00. The van der Waals surface area contributed by atoms with Gasteiger partial charge < -0.3 is 5.32 Å². The molecule has 0 radical (unpaired) electrons. The van der Waals surface area contributed by atoms with Crippen LogP contribution in [0.15, 0.2) is 47.9 Å². The van der Waals surface area contributed by atoms with Gasteiger partial charge in [0.2, 0.25) is 11.1 Å². The maximum absolute atomic E-state index is 12.1. The summed E-state index contributed by atoms with van der Waals surface area (Å²) in [4.78, 5) is 20.4. The second kappa shape index (κ2) is 6.97. The van der Waals surface area contributed by atoms with E-state index in [1.807, 2.05) is 25.1 Å². The zero-order valence-corrected chi connectivity index (χ0v) is 13.9. The number of nitrogens with zero attached hydrogens (tertiary/aromatic N) is 4. The molecule has 0 bridgehead atoms. The highest BCUT2D eigenvalue weighted by atomic mass is 35.5. The van der Waals surface area contributed by atoms with Gasteiger partial charge in [-0.1, -0.05) is 35.5 Å². The van der Waals surface area contributed by atoms with Gasteiger partial charge in [0.15, 0.2) is 0 Å². The van der Waals surface area contributed by atoms with Crippen LogP contribution in [-0.2, 0) is 4.79 Å². The summed E-state index contributed by atoms with van der Waals surface area (Å²) in [6.07, 6.45) is 3.42. The second-order valence-corrected chi connectivity index (χ2v) is 6.27. The Hall–Kier alpha value is -2.12. The van der Waals surface area contributed by atoms with Crippen molar-refractivity contribution in [3.63, 3.8) is 0 Å². The van der Waals surface area contributed by atoms with Crippen molar-refractivity contribution in [3.05, 3.63) is 53.3 Å². The predicted molar refractivity (Wildman–Crippen MR) is 89.5 cm³/mol. The zero-order valence-electron chi connectivity index (χ0n) is 12.3. The lowest BCUT2D eigenvalue weighted by Gasteiger charge is -2.14. The Morgan fingerprint density at radius 3 is 3.09 bits per heavy atom. The molecule has 0 saturated carbocycles. The third-order valence-electron chi connectivity index (χ3n) is 3.16. The fourth-order valence-electron chi connectivity index (χ4n) is 2.05. The molecule has 1 aromatic carbocycles. The lowest BCUT2D eigenvalue weighted by atomic mass is 10.1. The Labute approximate surface area is 142 Å². The number of hydrogen-bond acceptors (Lipinski definition) is 5. The molecule has 3 rings (SSSR count). The van der Waals surface area contributed by atoms with Crippen LogP contribution in [0.4, 0.5) is 0 Å². The van der Waals surface area contributed by atoms with Crippen LogP contribution >= 0.6 is 23.4 Å². The first-order valence-electron chi connectivity index (χ1n) is 6.97. The molecular weight excluding hydrogens is 334 g/mol.